The van der Waals surface area contributed by atoms with E-state index in [1.807, 2.05) is 6.08 Å². The number of carbonyl (C=O) groups is 1. The van der Waals surface area contributed by atoms with E-state index in [1.54, 1.807) is 25.1 Å². The van der Waals surface area contributed by atoms with Crippen LogP contribution in [-0.2, 0) is 15.7 Å². The van der Waals surface area contributed by atoms with Crippen molar-refractivity contribution in [2.45, 2.75) is 43.7 Å². The number of allylic oxidation sites excluding steroid dienone is 3. The molecule has 5 rings (SSSR count). The number of piperazine rings is 1. The molecule has 2 fully saturated rings. The maximum atomic E-state index is 13.6. The van der Waals surface area contributed by atoms with Gasteiger partial charge in [0.15, 0.2) is 0 Å². The van der Waals surface area contributed by atoms with E-state index in [1.165, 1.54) is 12.1 Å². The van der Waals surface area contributed by atoms with Crippen molar-refractivity contribution in [2.24, 2.45) is 11.8 Å². The first-order chi connectivity index (χ1) is 17.7. The molecule has 0 bridgehead atoms. The largest absolute Gasteiger partial charge is 0.416 e. The van der Waals surface area contributed by atoms with Crippen molar-refractivity contribution in [3.63, 3.8) is 0 Å². The molecule has 37 heavy (non-hydrogen) atoms. The molecule has 3 aliphatic heterocycles. The zero-order chi connectivity index (χ0) is 26.2. The fourth-order valence-electron chi connectivity index (χ4n) is 6.15. The van der Waals surface area contributed by atoms with Crippen LogP contribution in [0.15, 0.2) is 42.5 Å². The summed E-state index contributed by atoms with van der Waals surface area (Å²) in [6.07, 6.45) is 6.40. The molecule has 2 saturated heterocycles. The average Bonchev–Trinajstić information content (AvgIpc) is 2.89. The van der Waals surface area contributed by atoms with Gasteiger partial charge in [0.05, 0.1) is 24.3 Å². The summed E-state index contributed by atoms with van der Waals surface area (Å²) in [5, 5.41) is 3.59. The highest BCUT2D eigenvalue weighted by Gasteiger charge is 2.45. The summed E-state index contributed by atoms with van der Waals surface area (Å²) in [6, 6.07) is 4.15. The minimum atomic E-state index is -4.39. The van der Waals surface area contributed by atoms with E-state index < -0.39 is 11.7 Å². The van der Waals surface area contributed by atoms with Gasteiger partial charge in [-0.3, -0.25) is 14.6 Å². The third-order valence-corrected chi connectivity index (χ3v) is 8.28. The second-order valence-electron chi connectivity index (χ2n) is 11.0. The van der Waals surface area contributed by atoms with E-state index in [0.29, 0.717) is 12.1 Å². The van der Waals surface area contributed by atoms with Crippen molar-refractivity contribution >= 4 is 11.6 Å². The highest BCUT2D eigenvalue weighted by molar-refractivity contribution is 5.77. The smallest absolute Gasteiger partial charge is 0.381 e. The number of amides is 1. The Morgan fingerprint density at radius 1 is 1.11 bits per heavy atom. The van der Waals surface area contributed by atoms with Gasteiger partial charge in [-0.25, -0.2) is 0 Å². The molecule has 5 atom stereocenters. The van der Waals surface area contributed by atoms with Gasteiger partial charge in [0.25, 0.3) is 0 Å². The van der Waals surface area contributed by atoms with Crippen molar-refractivity contribution < 1.29 is 22.7 Å². The Morgan fingerprint density at radius 3 is 2.54 bits per heavy atom. The monoisotopic (exact) mass is 518 g/mol. The lowest BCUT2D eigenvalue weighted by Crippen LogP contribution is -2.52. The molecule has 0 spiro atoms. The first-order valence-corrected chi connectivity index (χ1v) is 13.3. The van der Waals surface area contributed by atoms with E-state index in [9.17, 15) is 18.0 Å². The molecule has 1 aromatic rings. The highest BCUT2D eigenvalue weighted by Crippen LogP contribution is 2.49. The number of hydrogen-bond donors (Lipinski definition) is 1. The van der Waals surface area contributed by atoms with Crippen LogP contribution < -0.4 is 5.32 Å². The van der Waals surface area contributed by atoms with E-state index in [2.05, 4.69) is 33.3 Å². The molecule has 0 radical (unpaired) electrons. The Hall–Kier alpha value is -2.36. The maximum absolute atomic E-state index is 13.6. The zero-order valence-electron chi connectivity index (χ0n) is 21.6. The molecule has 0 aromatic heterocycles. The summed E-state index contributed by atoms with van der Waals surface area (Å²) in [5.41, 5.74) is 0.755. The Kier molecular flexibility index (Phi) is 7.65. The quantitative estimate of drug-likeness (QED) is 0.634. The summed E-state index contributed by atoms with van der Waals surface area (Å²) < 4.78 is 47.4. The predicted molar refractivity (Wildman–Crippen MR) is 137 cm³/mol. The lowest BCUT2D eigenvalue weighted by Gasteiger charge is -2.48. The molecule has 9 heteroatoms. The highest BCUT2D eigenvalue weighted by atomic mass is 19.4. The number of hydrogen-bond acceptors (Lipinski definition) is 5. The number of anilines is 1. The zero-order valence-corrected chi connectivity index (χ0v) is 21.6. The van der Waals surface area contributed by atoms with Crippen molar-refractivity contribution in [2.75, 3.05) is 58.7 Å². The van der Waals surface area contributed by atoms with E-state index in [-0.39, 0.29) is 36.0 Å². The molecular formula is C28H37F3N4O2. The molecule has 6 nitrogen and oxygen atoms in total. The average molecular weight is 519 g/mol. The van der Waals surface area contributed by atoms with E-state index >= 15 is 0 Å². The number of rotatable bonds is 5. The molecule has 1 unspecified atom stereocenters. The molecule has 1 N–H and O–H groups in total. The van der Waals surface area contributed by atoms with Crippen LogP contribution in [0.3, 0.4) is 0 Å². The summed E-state index contributed by atoms with van der Waals surface area (Å²) in [6.45, 7) is 4.55. The first kappa shape index (κ1) is 26.3. The lowest BCUT2D eigenvalue weighted by atomic mass is 9.73. The van der Waals surface area contributed by atoms with Crippen LogP contribution >= 0.6 is 0 Å². The molecule has 1 aliphatic carbocycles. The van der Waals surface area contributed by atoms with Gasteiger partial charge in [-0.15, -0.1) is 0 Å². The third-order valence-electron chi connectivity index (χ3n) is 8.28. The maximum Gasteiger partial charge on any atom is 0.416 e. The Labute approximate surface area is 217 Å². The van der Waals surface area contributed by atoms with Crippen LogP contribution in [0, 0.1) is 11.8 Å². The number of benzene rings is 1. The molecule has 3 heterocycles. The number of fused-ring (bicyclic) bond motifs is 3. The van der Waals surface area contributed by atoms with Crippen molar-refractivity contribution in [1.29, 1.82) is 0 Å². The molecule has 0 saturated carbocycles. The Balaban J connectivity index is 1.29. The summed E-state index contributed by atoms with van der Waals surface area (Å²) in [5.74, 6) is 0.504. The van der Waals surface area contributed by atoms with Crippen LogP contribution in [0.4, 0.5) is 18.9 Å². The molecular weight excluding hydrogens is 481 g/mol. The van der Waals surface area contributed by atoms with Crippen LogP contribution in [0.2, 0.25) is 0 Å². The topological polar surface area (TPSA) is 48.1 Å². The number of likely N-dealkylation sites (N-methyl/N-ethyl adjacent to an activating group) is 1. The van der Waals surface area contributed by atoms with Crippen LogP contribution in [0.25, 0.3) is 0 Å². The summed E-state index contributed by atoms with van der Waals surface area (Å²) in [4.78, 5) is 18.2. The number of carbonyl (C=O) groups excluding carboxylic acids is 1. The SMILES string of the molecule is CN(C)C(=O)CN1CCN(C[C@H]2CC[C@@H]3[C@H](O2)c2cc(C(F)(F)F)ccc2N[C@H]3C2C=CC=CC2)CC1. The molecule has 202 valence electrons. The second kappa shape index (κ2) is 10.8. The van der Waals surface area contributed by atoms with Gasteiger partial charge in [0.2, 0.25) is 5.91 Å². The van der Waals surface area contributed by atoms with Gasteiger partial charge < -0.3 is 15.0 Å². The minimum Gasteiger partial charge on any atom is -0.381 e. The second-order valence-corrected chi connectivity index (χ2v) is 11.0. The third kappa shape index (κ3) is 5.89. The van der Waals surface area contributed by atoms with Gasteiger partial charge in [0, 0.05) is 75.9 Å². The normalized spacial score (nSPS) is 30.4. The van der Waals surface area contributed by atoms with Gasteiger partial charge in [0.1, 0.15) is 0 Å². The van der Waals surface area contributed by atoms with E-state index in [4.69, 9.17) is 4.74 Å². The van der Waals surface area contributed by atoms with Crippen molar-refractivity contribution in [3.8, 4) is 0 Å². The molecule has 4 aliphatic rings. The van der Waals surface area contributed by atoms with Gasteiger partial charge in [-0.05, 0) is 37.5 Å². The van der Waals surface area contributed by atoms with Crippen molar-refractivity contribution in [1.82, 2.24) is 14.7 Å². The number of nitrogens with one attached hydrogen (secondary N) is 1. The number of nitrogens with zero attached hydrogens (tertiary/aromatic N) is 3. The summed E-state index contributed by atoms with van der Waals surface area (Å²) in [7, 11) is 3.54. The standard InChI is InChI=1S/C28H37F3N4O2/c1-33(2)25(36)18-35-14-12-34(13-15-35)17-21-9-10-22-26(19-6-4-3-5-7-19)32-24-11-8-20(28(29,30)31)16-23(24)27(22)37-21/h3-6,8,11,16,19,21-22,26-27,32H,7,9-10,12-15,17-18H2,1-2H3/t19?,21-,22+,26+,27+/m1/s1. The number of halogens is 3. The van der Waals surface area contributed by atoms with Gasteiger partial charge >= 0.3 is 6.18 Å². The molecule has 1 amide bonds. The van der Waals surface area contributed by atoms with Crippen LogP contribution in [0.1, 0.15) is 36.5 Å². The number of ether oxygens (including phenoxy) is 1. The summed E-state index contributed by atoms with van der Waals surface area (Å²) >= 11 is 0. The van der Waals surface area contributed by atoms with Crippen LogP contribution in [0.5, 0.6) is 0 Å². The van der Waals surface area contributed by atoms with Crippen LogP contribution in [-0.4, -0.2) is 86.1 Å². The first-order valence-electron chi connectivity index (χ1n) is 13.3. The Bertz CT molecular complexity index is 1030. The minimum absolute atomic E-state index is 0.0286. The van der Waals surface area contributed by atoms with Gasteiger partial charge in [-0.2, -0.15) is 13.2 Å². The fourth-order valence-corrected chi connectivity index (χ4v) is 6.15. The van der Waals surface area contributed by atoms with Gasteiger partial charge in [-0.1, -0.05) is 24.3 Å². The Morgan fingerprint density at radius 2 is 1.86 bits per heavy atom. The van der Waals surface area contributed by atoms with Crippen molar-refractivity contribution in [3.05, 3.63) is 53.6 Å². The fraction of sp³-hybridized carbons (Fsp3) is 0.607. The molecule has 1 aromatic carbocycles. The number of alkyl halides is 3. The van der Waals surface area contributed by atoms with E-state index in [0.717, 1.165) is 57.7 Å². The predicted octanol–water partition coefficient (Wildman–Crippen LogP) is 4.17. The lowest BCUT2D eigenvalue weighted by molar-refractivity contribution is -0.138.